The van der Waals surface area contributed by atoms with Crippen molar-refractivity contribution in [2.24, 2.45) is 0 Å². The van der Waals surface area contributed by atoms with Crippen LogP contribution in [0.1, 0.15) is 25.7 Å². The number of carboxylic acids is 1. The summed E-state index contributed by atoms with van der Waals surface area (Å²) in [5.74, 6) is -0.996. The molecule has 0 rings (SSSR count). The minimum Gasteiger partial charge on any atom is -0.481 e. The Hall–Kier alpha value is -1.10. The summed E-state index contributed by atoms with van der Waals surface area (Å²) in [6.07, 6.45) is 1.26. The molecule has 0 aliphatic rings. The van der Waals surface area contributed by atoms with Gasteiger partial charge < -0.3 is 15.5 Å². The fourth-order valence-electron chi connectivity index (χ4n) is 0.795. The number of amides is 1. The number of carboxylic acid groups (broad SMARTS) is 1. The first kappa shape index (κ1) is 11.9. The molecule has 0 aromatic heterocycles. The molecule has 0 saturated carbocycles. The van der Waals surface area contributed by atoms with Gasteiger partial charge in [0.15, 0.2) is 0 Å². The number of hydrogen-bond acceptors (Lipinski definition) is 3. The highest BCUT2D eigenvalue weighted by molar-refractivity contribution is 5.75. The number of carbonyl (C=O) groups is 2. The third-order valence-corrected chi connectivity index (χ3v) is 1.45. The Morgan fingerprint density at radius 2 is 1.85 bits per heavy atom. The van der Waals surface area contributed by atoms with Crippen molar-refractivity contribution in [3.8, 4) is 0 Å². The average Bonchev–Trinajstić information content (AvgIpc) is 2.08. The molecule has 0 saturated heterocycles. The van der Waals surface area contributed by atoms with Crippen LogP contribution < -0.4 is 5.32 Å². The van der Waals surface area contributed by atoms with Gasteiger partial charge in [-0.1, -0.05) is 0 Å². The minimum atomic E-state index is -0.857. The molecule has 0 aromatic carbocycles. The van der Waals surface area contributed by atoms with Gasteiger partial charge in [-0.05, 0) is 12.8 Å². The van der Waals surface area contributed by atoms with Crippen LogP contribution in [0.3, 0.4) is 0 Å². The predicted molar refractivity (Wildman–Crippen MR) is 46.2 cm³/mol. The summed E-state index contributed by atoms with van der Waals surface area (Å²) in [6, 6.07) is 0. The van der Waals surface area contributed by atoms with Crippen LogP contribution in [0, 0.1) is 0 Å². The SMILES string of the molecule is O=C(O)CCCNC(=O)CCCO. The highest BCUT2D eigenvalue weighted by atomic mass is 16.4. The van der Waals surface area contributed by atoms with E-state index in [4.69, 9.17) is 10.2 Å². The molecule has 0 unspecified atom stereocenters. The van der Waals surface area contributed by atoms with E-state index in [1.165, 1.54) is 0 Å². The Balaban J connectivity index is 3.22. The zero-order valence-electron chi connectivity index (χ0n) is 7.45. The molecule has 0 spiro atoms. The van der Waals surface area contributed by atoms with Crippen LogP contribution in [-0.2, 0) is 9.59 Å². The lowest BCUT2D eigenvalue weighted by molar-refractivity contribution is -0.137. The fraction of sp³-hybridized carbons (Fsp3) is 0.750. The van der Waals surface area contributed by atoms with E-state index >= 15 is 0 Å². The number of nitrogens with one attached hydrogen (secondary N) is 1. The third-order valence-electron chi connectivity index (χ3n) is 1.45. The Morgan fingerprint density at radius 1 is 1.15 bits per heavy atom. The lowest BCUT2D eigenvalue weighted by Crippen LogP contribution is -2.24. The van der Waals surface area contributed by atoms with Crippen molar-refractivity contribution in [3.05, 3.63) is 0 Å². The Labute approximate surface area is 76.8 Å². The first-order valence-corrected chi connectivity index (χ1v) is 4.26. The summed E-state index contributed by atoms with van der Waals surface area (Å²) in [5, 5.41) is 19.2. The molecule has 1 amide bonds. The minimum absolute atomic E-state index is 0.00253. The monoisotopic (exact) mass is 189 g/mol. The second-order valence-corrected chi connectivity index (χ2v) is 2.67. The summed E-state index contributed by atoms with van der Waals surface area (Å²) >= 11 is 0. The van der Waals surface area contributed by atoms with Crippen molar-refractivity contribution in [1.29, 1.82) is 0 Å². The lowest BCUT2D eigenvalue weighted by atomic mass is 10.3. The van der Waals surface area contributed by atoms with Gasteiger partial charge in [0.25, 0.3) is 0 Å². The largest absolute Gasteiger partial charge is 0.481 e. The van der Waals surface area contributed by atoms with E-state index in [1.807, 2.05) is 0 Å². The van der Waals surface area contributed by atoms with Gasteiger partial charge >= 0.3 is 5.97 Å². The van der Waals surface area contributed by atoms with Gasteiger partial charge in [-0.3, -0.25) is 9.59 Å². The molecular formula is C8H15NO4. The fourth-order valence-corrected chi connectivity index (χ4v) is 0.795. The average molecular weight is 189 g/mol. The zero-order valence-corrected chi connectivity index (χ0v) is 7.45. The van der Waals surface area contributed by atoms with Crippen LogP contribution in [0.5, 0.6) is 0 Å². The van der Waals surface area contributed by atoms with E-state index in [0.29, 0.717) is 25.8 Å². The highest BCUT2D eigenvalue weighted by Gasteiger charge is 2.00. The van der Waals surface area contributed by atoms with Crippen LogP contribution in [0.25, 0.3) is 0 Å². The van der Waals surface area contributed by atoms with E-state index in [2.05, 4.69) is 5.32 Å². The topological polar surface area (TPSA) is 86.6 Å². The van der Waals surface area contributed by atoms with E-state index in [0.717, 1.165) is 0 Å². The Morgan fingerprint density at radius 3 is 2.38 bits per heavy atom. The van der Waals surface area contributed by atoms with Crippen molar-refractivity contribution in [2.45, 2.75) is 25.7 Å². The highest BCUT2D eigenvalue weighted by Crippen LogP contribution is 1.89. The smallest absolute Gasteiger partial charge is 0.303 e. The lowest BCUT2D eigenvalue weighted by Gasteiger charge is -2.02. The molecule has 0 bridgehead atoms. The van der Waals surface area contributed by atoms with Gasteiger partial charge in [0, 0.05) is 26.0 Å². The molecule has 0 heterocycles. The summed E-state index contributed by atoms with van der Waals surface area (Å²) in [5.41, 5.74) is 0. The van der Waals surface area contributed by atoms with E-state index < -0.39 is 5.97 Å². The Kier molecular flexibility index (Phi) is 6.91. The van der Waals surface area contributed by atoms with Gasteiger partial charge in [0.2, 0.25) is 5.91 Å². The summed E-state index contributed by atoms with van der Waals surface area (Å²) < 4.78 is 0. The summed E-state index contributed by atoms with van der Waals surface area (Å²) in [6.45, 7) is 0.388. The molecular weight excluding hydrogens is 174 g/mol. The molecule has 0 radical (unpaired) electrons. The van der Waals surface area contributed by atoms with Crippen LogP contribution in [-0.4, -0.2) is 35.2 Å². The van der Waals surface area contributed by atoms with Crippen molar-refractivity contribution in [1.82, 2.24) is 5.32 Å². The van der Waals surface area contributed by atoms with Crippen LogP contribution in [0.2, 0.25) is 0 Å². The van der Waals surface area contributed by atoms with E-state index in [1.54, 1.807) is 0 Å². The van der Waals surface area contributed by atoms with Crippen LogP contribution in [0.4, 0.5) is 0 Å². The maximum absolute atomic E-state index is 10.9. The second kappa shape index (κ2) is 7.54. The molecule has 0 aromatic rings. The van der Waals surface area contributed by atoms with Gasteiger partial charge in [-0.25, -0.2) is 0 Å². The maximum atomic E-state index is 10.9. The molecule has 0 fully saturated rings. The first-order chi connectivity index (χ1) is 6.16. The van der Waals surface area contributed by atoms with Crippen molar-refractivity contribution in [2.75, 3.05) is 13.2 Å². The number of aliphatic hydroxyl groups is 1. The second-order valence-electron chi connectivity index (χ2n) is 2.67. The Bertz CT molecular complexity index is 170. The zero-order chi connectivity index (χ0) is 10.1. The van der Waals surface area contributed by atoms with Gasteiger partial charge in [0.05, 0.1) is 0 Å². The number of carbonyl (C=O) groups excluding carboxylic acids is 1. The molecule has 76 valence electrons. The van der Waals surface area contributed by atoms with Crippen molar-refractivity contribution in [3.63, 3.8) is 0 Å². The maximum Gasteiger partial charge on any atom is 0.303 e. The van der Waals surface area contributed by atoms with Crippen molar-refractivity contribution >= 4 is 11.9 Å². The molecule has 3 N–H and O–H groups in total. The van der Waals surface area contributed by atoms with Gasteiger partial charge in [-0.2, -0.15) is 0 Å². The number of aliphatic hydroxyl groups excluding tert-OH is 1. The number of aliphatic carboxylic acids is 1. The molecule has 0 atom stereocenters. The molecule has 0 aliphatic carbocycles. The van der Waals surface area contributed by atoms with Gasteiger partial charge in [0.1, 0.15) is 0 Å². The van der Waals surface area contributed by atoms with Crippen molar-refractivity contribution < 1.29 is 19.8 Å². The summed E-state index contributed by atoms with van der Waals surface area (Å²) in [4.78, 5) is 20.9. The number of rotatable bonds is 7. The van der Waals surface area contributed by atoms with Crippen LogP contribution in [0.15, 0.2) is 0 Å². The molecule has 13 heavy (non-hydrogen) atoms. The number of hydrogen-bond donors (Lipinski definition) is 3. The van der Waals surface area contributed by atoms with Gasteiger partial charge in [-0.15, -0.1) is 0 Å². The molecule has 0 aliphatic heterocycles. The standard InChI is InChI=1S/C8H15NO4/c10-6-2-3-7(11)9-5-1-4-8(12)13/h10H,1-6H2,(H,9,11)(H,12,13). The quantitative estimate of drug-likeness (QED) is 0.481. The first-order valence-electron chi connectivity index (χ1n) is 4.26. The summed E-state index contributed by atoms with van der Waals surface area (Å²) in [7, 11) is 0. The normalized spacial score (nSPS) is 9.62. The predicted octanol–water partition coefficient (Wildman–Crippen LogP) is -0.260. The third kappa shape index (κ3) is 8.81. The van der Waals surface area contributed by atoms with E-state index in [9.17, 15) is 9.59 Å². The molecule has 5 nitrogen and oxygen atoms in total. The molecule has 5 heteroatoms. The van der Waals surface area contributed by atoms with Crippen LogP contribution >= 0.6 is 0 Å². The van der Waals surface area contributed by atoms with E-state index in [-0.39, 0.29) is 18.9 Å².